The fourth-order valence-corrected chi connectivity index (χ4v) is 1.89. The SMILES string of the molecule is COC(=O)/C=C(\C(=O)OC)c1cccc2occc(=O)c12. The molecule has 0 amide bonds. The Hall–Kier alpha value is -2.89. The fourth-order valence-electron chi connectivity index (χ4n) is 1.89. The number of rotatable bonds is 3. The van der Waals surface area contributed by atoms with Crippen molar-refractivity contribution in [3.8, 4) is 0 Å². The number of fused-ring (bicyclic) bond motifs is 1. The summed E-state index contributed by atoms with van der Waals surface area (Å²) in [4.78, 5) is 35.3. The van der Waals surface area contributed by atoms with Gasteiger partial charge in [-0.3, -0.25) is 4.79 Å². The molecule has 1 heterocycles. The van der Waals surface area contributed by atoms with Crippen molar-refractivity contribution in [2.75, 3.05) is 14.2 Å². The molecule has 1 aromatic carbocycles. The lowest BCUT2D eigenvalue weighted by Gasteiger charge is -2.08. The van der Waals surface area contributed by atoms with Crippen molar-refractivity contribution in [1.29, 1.82) is 0 Å². The van der Waals surface area contributed by atoms with E-state index in [-0.39, 0.29) is 22.0 Å². The third-order valence-electron chi connectivity index (χ3n) is 2.85. The minimum absolute atomic E-state index is 0.0755. The zero-order valence-electron chi connectivity index (χ0n) is 11.4. The number of hydrogen-bond acceptors (Lipinski definition) is 6. The predicted molar refractivity (Wildman–Crippen MR) is 74.5 cm³/mol. The Morgan fingerprint density at radius 1 is 1.14 bits per heavy atom. The van der Waals surface area contributed by atoms with Crippen LogP contribution in [0.25, 0.3) is 16.5 Å². The molecule has 0 aliphatic rings. The van der Waals surface area contributed by atoms with Gasteiger partial charge >= 0.3 is 11.9 Å². The molecule has 21 heavy (non-hydrogen) atoms. The smallest absolute Gasteiger partial charge is 0.338 e. The highest BCUT2D eigenvalue weighted by atomic mass is 16.5. The van der Waals surface area contributed by atoms with Gasteiger partial charge in [-0.05, 0) is 6.07 Å². The van der Waals surface area contributed by atoms with Crippen LogP contribution in [0, 0.1) is 0 Å². The van der Waals surface area contributed by atoms with Crippen LogP contribution in [0.15, 0.2) is 45.8 Å². The average Bonchev–Trinajstić information content (AvgIpc) is 2.51. The van der Waals surface area contributed by atoms with Crippen molar-refractivity contribution in [1.82, 2.24) is 0 Å². The van der Waals surface area contributed by atoms with Crippen molar-refractivity contribution >= 4 is 28.5 Å². The molecule has 0 unspecified atom stereocenters. The first-order valence-electron chi connectivity index (χ1n) is 5.97. The van der Waals surface area contributed by atoms with E-state index < -0.39 is 11.9 Å². The molecule has 6 heteroatoms. The zero-order chi connectivity index (χ0) is 15.4. The molecule has 0 radical (unpaired) electrons. The van der Waals surface area contributed by atoms with Crippen molar-refractivity contribution < 1.29 is 23.5 Å². The molecule has 0 fully saturated rings. The number of hydrogen-bond donors (Lipinski definition) is 0. The van der Waals surface area contributed by atoms with Gasteiger partial charge in [0.2, 0.25) is 0 Å². The molecule has 0 atom stereocenters. The number of esters is 2. The monoisotopic (exact) mass is 288 g/mol. The van der Waals surface area contributed by atoms with E-state index in [9.17, 15) is 14.4 Å². The summed E-state index contributed by atoms with van der Waals surface area (Å²) >= 11 is 0. The first-order chi connectivity index (χ1) is 10.1. The summed E-state index contributed by atoms with van der Waals surface area (Å²) in [5.74, 6) is -1.48. The minimum atomic E-state index is -0.754. The van der Waals surface area contributed by atoms with Crippen LogP contribution in [-0.2, 0) is 19.1 Å². The van der Waals surface area contributed by atoms with Crippen LogP contribution in [-0.4, -0.2) is 26.2 Å². The Bertz CT molecular complexity index is 779. The van der Waals surface area contributed by atoms with Gasteiger partial charge in [-0.15, -0.1) is 0 Å². The van der Waals surface area contributed by atoms with Crippen LogP contribution < -0.4 is 5.43 Å². The quantitative estimate of drug-likeness (QED) is 0.629. The van der Waals surface area contributed by atoms with E-state index in [1.165, 1.54) is 32.6 Å². The van der Waals surface area contributed by atoms with Crippen LogP contribution in [0.1, 0.15) is 5.56 Å². The van der Waals surface area contributed by atoms with Crippen molar-refractivity contribution in [2.24, 2.45) is 0 Å². The third-order valence-corrected chi connectivity index (χ3v) is 2.85. The maximum Gasteiger partial charge on any atom is 0.338 e. The number of benzene rings is 1. The summed E-state index contributed by atoms with van der Waals surface area (Å²) in [6.45, 7) is 0. The zero-order valence-corrected chi connectivity index (χ0v) is 11.4. The molecular weight excluding hydrogens is 276 g/mol. The Balaban J connectivity index is 2.77. The largest absolute Gasteiger partial charge is 0.466 e. The van der Waals surface area contributed by atoms with E-state index in [0.29, 0.717) is 5.58 Å². The first-order valence-corrected chi connectivity index (χ1v) is 5.97. The second kappa shape index (κ2) is 6.04. The number of carbonyl (C=O) groups excluding carboxylic acids is 2. The summed E-state index contributed by atoms with van der Waals surface area (Å²) in [6, 6.07) is 5.96. The highest BCUT2D eigenvalue weighted by Crippen LogP contribution is 2.23. The summed E-state index contributed by atoms with van der Waals surface area (Å²) in [5.41, 5.74) is 0.152. The fraction of sp³-hybridized carbons (Fsp3) is 0.133. The Morgan fingerprint density at radius 3 is 2.57 bits per heavy atom. The van der Waals surface area contributed by atoms with Gasteiger partial charge in [0, 0.05) is 17.7 Å². The molecule has 108 valence electrons. The summed E-state index contributed by atoms with van der Waals surface area (Å²) in [7, 11) is 2.37. The third kappa shape index (κ3) is 2.84. The van der Waals surface area contributed by atoms with Crippen LogP contribution in [0.5, 0.6) is 0 Å². The molecule has 0 bridgehead atoms. The van der Waals surface area contributed by atoms with Crippen LogP contribution in [0.2, 0.25) is 0 Å². The lowest BCUT2D eigenvalue weighted by atomic mass is 10.0. The van der Waals surface area contributed by atoms with E-state index in [2.05, 4.69) is 9.47 Å². The molecule has 2 aromatic rings. The second-order valence-corrected chi connectivity index (χ2v) is 4.04. The van der Waals surface area contributed by atoms with Gasteiger partial charge in [0.1, 0.15) is 5.58 Å². The number of ether oxygens (including phenoxy) is 2. The molecule has 0 saturated heterocycles. The summed E-state index contributed by atoms with van der Waals surface area (Å²) < 4.78 is 14.4. The molecule has 0 saturated carbocycles. The van der Waals surface area contributed by atoms with E-state index in [4.69, 9.17) is 4.42 Å². The van der Waals surface area contributed by atoms with Gasteiger partial charge < -0.3 is 13.9 Å². The van der Waals surface area contributed by atoms with Crippen LogP contribution in [0.4, 0.5) is 0 Å². The predicted octanol–water partition coefficient (Wildman–Crippen LogP) is 1.52. The average molecular weight is 288 g/mol. The Kier molecular flexibility index (Phi) is 4.18. The van der Waals surface area contributed by atoms with E-state index in [0.717, 1.165) is 6.08 Å². The van der Waals surface area contributed by atoms with Gasteiger partial charge in [-0.25, -0.2) is 9.59 Å². The van der Waals surface area contributed by atoms with Crippen LogP contribution >= 0.6 is 0 Å². The Morgan fingerprint density at radius 2 is 1.90 bits per heavy atom. The van der Waals surface area contributed by atoms with Gasteiger partial charge in [0.05, 0.1) is 31.4 Å². The minimum Gasteiger partial charge on any atom is -0.466 e. The molecule has 1 aromatic heterocycles. The molecule has 6 nitrogen and oxygen atoms in total. The Labute approximate surface area is 119 Å². The van der Waals surface area contributed by atoms with Gasteiger partial charge in [-0.1, -0.05) is 12.1 Å². The number of carbonyl (C=O) groups is 2. The molecule has 0 aliphatic heterocycles. The molecule has 0 spiro atoms. The highest BCUT2D eigenvalue weighted by Gasteiger charge is 2.19. The van der Waals surface area contributed by atoms with Gasteiger partial charge in [-0.2, -0.15) is 0 Å². The van der Waals surface area contributed by atoms with E-state index in [1.54, 1.807) is 12.1 Å². The standard InChI is InChI=1S/C15H12O6/c1-19-13(17)8-10(15(18)20-2)9-4-3-5-12-14(9)11(16)6-7-21-12/h3-8H,1-2H3/b10-8-. The molecule has 0 aliphatic carbocycles. The molecule has 0 N–H and O–H groups in total. The summed E-state index contributed by atoms with van der Waals surface area (Å²) in [6.07, 6.45) is 2.24. The van der Waals surface area contributed by atoms with Gasteiger partial charge in [0.15, 0.2) is 5.43 Å². The second-order valence-electron chi connectivity index (χ2n) is 4.04. The normalized spacial score (nSPS) is 11.2. The van der Waals surface area contributed by atoms with Crippen LogP contribution in [0.3, 0.4) is 0 Å². The lowest BCUT2D eigenvalue weighted by Crippen LogP contribution is -2.10. The number of methoxy groups -OCH3 is 2. The summed E-state index contributed by atoms with van der Waals surface area (Å²) in [5, 5.41) is 0.195. The topological polar surface area (TPSA) is 82.8 Å². The van der Waals surface area contributed by atoms with Crippen molar-refractivity contribution in [3.63, 3.8) is 0 Å². The first kappa shape index (κ1) is 14.5. The van der Waals surface area contributed by atoms with E-state index >= 15 is 0 Å². The molecular formula is C15H12O6. The maximum absolute atomic E-state index is 12.0. The van der Waals surface area contributed by atoms with E-state index in [1.807, 2.05) is 0 Å². The lowest BCUT2D eigenvalue weighted by molar-refractivity contribution is -0.136. The van der Waals surface area contributed by atoms with Crippen molar-refractivity contribution in [3.05, 3.63) is 52.4 Å². The molecule has 2 rings (SSSR count). The van der Waals surface area contributed by atoms with Gasteiger partial charge in [0.25, 0.3) is 0 Å². The van der Waals surface area contributed by atoms with Crippen molar-refractivity contribution in [2.45, 2.75) is 0 Å². The highest BCUT2D eigenvalue weighted by molar-refractivity contribution is 6.23. The maximum atomic E-state index is 12.0.